The van der Waals surface area contributed by atoms with Crippen LogP contribution in [-0.4, -0.2) is 10.9 Å². The van der Waals surface area contributed by atoms with Gasteiger partial charge in [0, 0.05) is 18.4 Å². The molecule has 0 spiro atoms. The molecule has 0 unspecified atom stereocenters. The van der Waals surface area contributed by atoms with E-state index in [0.717, 1.165) is 0 Å². The molecule has 1 atom stereocenters. The molecule has 1 aromatic carbocycles. The van der Waals surface area contributed by atoms with E-state index in [1.54, 1.807) is 24.3 Å². The zero-order chi connectivity index (χ0) is 16.8. The summed E-state index contributed by atoms with van der Waals surface area (Å²) < 4.78 is 5.61. The van der Waals surface area contributed by atoms with Gasteiger partial charge in [-0.3, -0.25) is 4.79 Å². The van der Waals surface area contributed by atoms with Crippen LogP contribution in [-0.2, 0) is 9.53 Å². The lowest BCUT2D eigenvalue weighted by Gasteiger charge is -2.37. The molecule has 0 radical (unpaired) electrons. The molecular formula is C18H18N2O3. The standard InChI is InChI=1S/C18H18N2O3/c1-18(2)7-13(22)16-14(8-18)23-17(20)12(9-19)15(16)10-4-3-5-11(21)6-10/h3-6,15,21H,7-8,20H2,1-2H3/t15-/m1/s1. The summed E-state index contributed by atoms with van der Waals surface area (Å²) in [6.07, 6.45) is 0.978. The topological polar surface area (TPSA) is 96.3 Å². The third-order valence-corrected chi connectivity index (χ3v) is 4.28. The fourth-order valence-corrected chi connectivity index (χ4v) is 3.32. The summed E-state index contributed by atoms with van der Waals surface area (Å²) in [5.74, 6) is 0.0288. The Morgan fingerprint density at radius 1 is 1.39 bits per heavy atom. The van der Waals surface area contributed by atoms with E-state index < -0.39 is 5.92 Å². The van der Waals surface area contributed by atoms with Gasteiger partial charge < -0.3 is 15.6 Å². The molecule has 3 rings (SSSR count). The number of Topliss-reactive ketones (excluding diaryl/α,β-unsaturated/α-hetero) is 1. The first-order valence-electron chi connectivity index (χ1n) is 7.45. The molecule has 1 aromatic rings. The number of nitrogens with zero attached hydrogens (tertiary/aromatic N) is 1. The maximum Gasteiger partial charge on any atom is 0.205 e. The summed E-state index contributed by atoms with van der Waals surface area (Å²) >= 11 is 0. The first kappa shape index (κ1) is 15.2. The van der Waals surface area contributed by atoms with Crippen LogP contribution in [0.1, 0.15) is 38.2 Å². The van der Waals surface area contributed by atoms with Crippen molar-refractivity contribution in [1.29, 1.82) is 5.26 Å². The van der Waals surface area contributed by atoms with Gasteiger partial charge in [0.1, 0.15) is 23.2 Å². The largest absolute Gasteiger partial charge is 0.508 e. The smallest absolute Gasteiger partial charge is 0.205 e. The maximum absolute atomic E-state index is 12.7. The van der Waals surface area contributed by atoms with E-state index in [1.807, 2.05) is 13.8 Å². The monoisotopic (exact) mass is 310 g/mol. The highest BCUT2D eigenvalue weighted by Gasteiger charge is 2.42. The molecule has 0 bridgehead atoms. The number of aromatic hydroxyl groups is 1. The molecule has 118 valence electrons. The summed E-state index contributed by atoms with van der Waals surface area (Å²) in [6, 6.07) is 8.62. The van der Waals surface area contributed by atoms with E-state index in [2.05, 4.69) is 6.07 Å². The van der Waals surface area contributed by atoms with Gasteiger partial charge in [0.25, 0.3) is 0 Å². The second-order valence-corrected chi connectivity index (χ2v) is 6.80. The molecule has 5 heteroatoms. The van der Waals surface area contributed by atoms with E-state index in [4.69, 9.17) is 10.5 Å². The Labute approximate surface area is 134 Å². The molecule has 0 fully saturated rings. The fourth-order valence-electron chi connectivity index (χ4n) is 3.32. The normalized spacial score (nSPS) is 23.2. The highest BCUT2D eigenvalue weighted by Crippen LogP contribution is 2.48. The van der Waals surface area contributed by atoms with Crippen molar-refractivity contribution in [3.05, 3.63) is 52.6 Å². The number of rotatable bonds is 1. The molecule has 1 aliphatic carbocycles. The van der Waals surface area contributed by atoms with Crippen molar-refractivity contribution >= 4 is 5.78 Å². The summed E-state index contributed by atoms with van der Waals surface area (Å²) in [5.41, 5.74) is 7.08. The fraction of sp³-hybridized carbons (Fsp3) is 0.333. The molecular weight excluding hydrogens is 292 g/mol. The molecule has 5 nitrogen and oxygen atoms in total. The second kappa shape index (κ2) is 5.17. The molecule has 1 heterocycles. The number of phenolic OH excluding ortho intramolecular Hbond substituents is 1. The number of phenols is 1. The van der Waals surface area contributed by atoms with Crippen molar-refractivity contribution in [3.8, 4) is 11.8 Å². The van der Waals surface area contributed by atoms with Gasteiger partial charge in [-0.1, -0.05) is 26.0 Å². The van der Waals surface area contributed by atoms with Gasteiger partial charge in [0.15, 0.2) is 5.78 Å². The number of ether oxygens (including phenoxy) is 1. The quantitative estimate of drug-likeness (QED) is 0.831. The highest BCUT2D eigenvalue weighted by molar-refractivity contribution is 6.00. The lowest BCUT2D eigenvalue weighted by Crippen LogP contribution is -2.33. The number of carbonyl (C=O) groups excluding carboxylic acids is 1. The van der Waals surface area contributed by atoms with Crippen LogP contribution in [0.4, 0.5) is 0 Å². The number of allylic oxidation sites excluding steroid dienone is 3. The molecule has 0 saturated carbocycles. The van der Waals surface area contributed by atoms with Crippen LogP contribution in [0.3, 0.4) is 0 Å². The molecule has 0 aromatic heterocycles. The van der Waals surface area contributed by atoms with Crippen LogP contribution in [0, 0.1) is 16.7 Å². The van der Waals surface area contributed by atoms with Crippen molar-refractivity contribution in [1.82, 2.24) is 0 Å². The number of nitriles is 1. The Balaban J connectivity index is 2.19. The van der Waals surface area contributed by atoms with Crippen LogP contribution < -0.4 is 5.73 Å². The van der Waals surface area contributed by atoms with Gasteiger partial charge in [0.2, 0.25) is 5.88 Å². The van der Waals surface area contributed by atoms with Crippen LogP contribution in [0.15, 0.2) is 47.1 Å². The van der Waals surface area contributed by atoms with Gasteiger partial charge in [-0.25, -0.2) is 0 Å². The molecule has 23 heavy (non-hydrogen) atoms. The molecule has 2 aliphatic rings. The minimum absolute atomic E-state index is 0.0325. The first-order chi connectivity index (χ1) is 10.8. The van der Waals surface area contributed by atoms with Crippen molar-refractivity contribution in [3.63, 3.8) is 0 Å². The van der Waals surface area contributed by atoms with Gasteiger partial charge >= 0.3 is 0 Å². The number of nitrogens with two attached hydrogens (primary N) is 1. The van der Waals surface area contributed by atoms with Crippen LogP contribution in [0.2, 0.25) is 0 Å². The Morgan fingerprint density at radius 2 is 2.13 bits per heavy atom. The Morgan fingerprint density at radius 3 is 2.78 bits per heavy atom. The zero-order valence-electron chi connectivity index (χ0n) is 13.1. The molecule has 0 saturated heterocycles. The van der Waals surface area contributed by atoms with Crippen molar-refractivity contribution in [2.75, 3.05) is 0 Å². The van der Waals surface area contributed by atoms with Gasteiger partial charge in [-0.05, 0) is 23.1 Å². The lowest BCUT2D eigenvalue weighted by molar-refractivity contribution is -0.119. The van der Waals surface area contributed by atoms with Crippen molar-refractivity contribution in [2.45, 2.75) is 32.6 Å². The SMILES string of the molecule is CC1(C)CC(=O)C2=C(C1)OC(N)=C(C#N)[C@H]2c1cccc(O)c1. The average molecular weight is 310 g/mol. The Bertz CT molecular complexity index is 797. The van der Waals surface area contributed by atoms with E-state index in [-0.39, 0.29) is 28.4 Å². The Kier molecular flexibility index (Phi) is 3.41. The number of ketones is 1. The lowest BCUT2D eigenvalue weighted by atomic mass is 9.70. The van der Waals surface area contributed by atoms with E-state index >= 15 is 0 Å². The summed E-state index contributed by atoms with van der Waals surface area (Å²) in [4.78, 5) is 12.7. The maximum atomic E-state index is 12.7. The third-order valence-electron chi connectivity index (χ3n) is 4.28. The number of carbonyl (C=O) groups is 1. The predicted octanol–water partition coefficient (Wildman–Crippen LogP) is 2.84. The van der Waals surface area contributed by atoms with Crippen molar-refractivity contribution < 1.29 is 14.6 Å². The van der Waals surface area contributed by atoms with Gasteiger partial charge in [0.05, 0.1) is 5.92 Å². The van der Waals surface area contributed by atoms with Crippen LogP contribution >= 0.6 is 0 Å². The minimum atomic E-state index is -0.584. The molecule has 0 amide bonds. The first-order valence-corrected chi connectivity index (χ1v) is 7.45. The van der Waals surface area contributed by atoms with Gasteiger partial charge in [-0.15, -0.1) is 0 Å². The number of hydrogen-bond acceptors (Lipinski definition) is 5. The zero-order valence-corrected chi connectivity index (χ0v) is 13.1. The minimum Gasteiger partial charge on any atom is -0.508 e. The Hall–Kier alpha value is -2.74. The predicted molar refractivity (Wildman–Crippen MR) is 83.8 cm³/mol. The van der Waals surface area contributed by atoms with Crippen LogP contribution in [0.5, 0.6) is 5.75 Å². The van der Waals surface area contributed by atoms with E-state index in [1.165, 1.54) is 0 Å². The van der Waals surface area contributed by atoms with E-state index in [0.29, 0.717) is 29.7 Å². The summed E-state index contributed by atoms with van der Waals surface area (Å²) in [6.45, 7) is 4.00. The van der Waals surface area contributed by atoms with Crippen LogP contribution in [0.25, 0.3) is 0 Å². The second-order valence-electron chi connectivity index (χ2n) is 6.80. The highest BCUT2D eigenvalue weighted by atomic mass is 16.5. The molecule has 1 aliphatic heterocycles. The summed E-state index contributed by atoms with van der Waals surface area (Å²) in [5, 5.41) is 19.2. The average Bonchev–Trinajstić information content (AvgIpc) is 2.44. The molecule has 3 N–H and O–H groups in total. The number of benzene rings is 1. The number of hydrogen-bond donors (Lipinski definition) is 2. The van der Waals surface area contributed by atoms with Gasteiger partial charge in [-0.2, -0.15) is 5.26 Å². The van der Waals surface area contributed by atoms with E-state index in [9.17, 15) is 15.2 Å². The van der Waals surface area contributed by atoms with Crippen molar-refractivity contribution in [2.24, 2.45) is 11.1 Å². The third kappa shape index (κ3) is 2.57. The summed E-state index contributed by atoms with van der Waals surface area (Å²) in [7, 11) is 0.